The molecule has 0 spiro atoms. The summed E-state index contributed by atoms with van der Waals surface area (Å²) in [7, 11) is 1.35. The lowest BCUT2D eigenvalue weighted by Crippen LogP contribution is -2.09. The SMILES string of the molecule is CCc1c(C(=O)OC)nnn1Cc1ccc(SC)cc1. The lowest BCUT2D eigenvalue weighted by Gasteiger charge is -2.06. The van der Waals surface area contributed by atoms with Crippen LogP contribution in [0.3, 0.4) is 0 Å². The quantitative estimate of drug-likeness (QED) is 0.625. The summed E-state index contributed by atoms with van der Waals surface area (Å²) in [6.07, 6.45) is 2.73. The van der Waals surface area contributed by atoms with Crippen molar-refractivity contribution in [1.29, 1.82) is 0 Å². The summed E-state index contributed by atoms with van der Waals surface area (Å²) < 4.78 is 6.47. The van der Waals surface area contributed by atoms with Crippen molar-refractivity contribution in [1.82, 2.24) is 15.0 Å². The summed E-state index contributed by atoms with van der Waals surface area (Å²) in [5.74, 6) is -0.439. The zero-order valence-electron chi connectivity index (χ0n) is 11.8. The molecule has 1 aromatic carbocycles. The Morgan fingerprint density at radius 3 is 2.60 bits per heavy atom. The van der Waals surface area contributed by atoms with Gasteiger partial charge in [-0.3, -0.25) is 0 Å². The van der Waals surface area contributed by atoms with Crippen LogP contribution in [-0.2, 0) is 17.7 Å². The molecule has 0 aliphatic carbocycles. The maximum atomic E-state index is 11.6. The van der Waals surface area contributed by atoms with E-state index >= 15 is 0 Å². The Labute approximate surface area is 122 Å². The number of carbonyl (C=O) groups excluding carboxylic acids is 1. The summed E-state index contributed by atoms with van der Waals surface area (Å²) in [6.45, 7) is 2.57. The largest absolute Gasteiger partial charge is 0.464 e. The fourth-order valence-electron chi connectivity index (χ4n) is 1.97. The van der Waals surface area contributed by atoms with Gasteiger partial charge in [-0.2, -0.15) is 0 Å². The topological polar surface area (TPSA) is 57.0 Å². The summed E-state index contributed by atoms with van der Waals surface area (Å²) in [6, 6.07) is 8.27. The molecule has 0 fully saturated rings. The van der Waals surface area contributed by atoms with Crippen LogP contribution < -0.4 is 0 Å². The minimum atomic E-state index is -0.439. The fourth-order valence-corrected chi connectivity index (χ4v) is 2.38. The highest BCUT2D eigenvalue weighted by atomic mass is 32.2. The van der Waals surface area contributed by atoms with Gasteiger partial charge in [-0.05, 0) is 30.4 Å². The lowest BCUT2D eigenvalue weighted by atomic mass is 10.2. The van der Waals surface area contributed by atoms with E-state index in [4.69, 9.17) is 4.74 Å². The first-order valence-corrected chi connectivity index (χ1v) is 7.55. The maximum Gasteiger partial charge on any atom is 0.360 e. The predicted molar refractivity (Wildman–Crippen MR) is 78.1 cm³/mol. The molecule has 0 bridgehead atoms. The Balaban J connectivity index is 2.24. The van der Waals surface area contributed by atoms with Gasteiger partial charge >= 0.3 is 5.97 Å². The minimum absolute atomic E-state index is 0.302. The van der Waals surface area contributed by atoms with Crippen molar-refractivity contribution in [2.24, 2.45) is 0 Å². The third kappa shape index (κ3) is 3.01. The Bertz CT molecular complexity index is 593. The van der Waals surface area contributed by atoms with E-state index in [1.807, 2.05) is 13.2 Å². The number of benzene rings is 1. The van der Waals surface area contributed by atoms with E-state index in [1.165, 1.54) is 12.0 Å². The fraction of sp³-hybridized carbons (Fsp3) is 0.357. The van der Waals surface area contributed by atoms with E-state index in [0.717, 1.165) is 11.3 Å². The summed E-state index contributed by atoms with van der Waals surface area (Å²) in [4.78, 5) is 12.8. The molecule has 0 atom stereocenters. The van der Waals surface area contributed by atoms with Crippen LogP contribution in [0.2, 0.25) is 0 Å². The number of aromatic nitrogens is 3. The maximum absolute atomic E-state index is 11.6. The molecule has 1 aromatic heterocycles. The lowest BCUT2D eigenvalue weighted by molar-refractivity contribution is 0.0592. The van der Waals surface area contributed by atoms with E-state index in [0.29, 0.717) is 18.7 Å². The molecule has 1 heterocycles. The average Bonchev–Trinajstić information content (AvgIpc) is 2.89. The first-order chi connectivity index (χ1) is 9.69. The highest BCUT2D eigenvalue weighted by Crippen LogP contribution is 2.16. The van der Waals surface area contributed by atoms with E-state index in [2.05, 4.69) is 34.6 Å². The molecule has 5 nitrogen and oxygen atoms in total. The van der Waals surface area contributed by atoms with Gasteiger partial charge in [-0.25, -0.2) is 9.48 Å². The van der Waals surface area contributed by atoms with E-state index in [1.54, 1.807) is 16.4 Å². The molecule has 0 aliphatic heterocycles. The number of esters is 1. The molecule has 0 aliphatic rings. The van der Waals surface area contributed by atoms with Gasteiger partial charge in [-0.15, -0.1) is 16.9 Å². The van der Waals surface area contributed by atoms with Gasteiger partial charge in [0.2, 0.25) is 0 Å². The van der Waals surface area contributed by atoms with E-state index < -0.39 is 5.97 Å². The summed E-state index contributed by atoms with van der Waals surface area (Å²) in [5.41, 5.74) is 2.22. The van der Waals surface area contributed by atoms with Crippen LogP contribution in [0.4, 0.5) is 0 Å². The number of nitrogens with zero attached hydrogens (tertiary/aromatic N) is 3. The molecule has 106 valence electrons. The second-order valence-corrected chi connectivity index (χ2v) is 5.12. The molecule has 0 N–H and O–H groups in total. The van der Waals surface area contributed by atoms with Gasteiger partial charge in [-0.1, -0.05) is 24.3 Å². The molecule has 6 heteroatoms. The number of carbonyl (C=O) groups is 1. The Morgan fingerprint density at radius 2 is 2.05 bits per heavy atom. The van der Waals surface area contributed by atoms with Crippen LogP contribution in [0, 0.1) is 0 Å². The van der Waals surface area contributed by atoms with Crippen molar-refractivity contribution in [2.45, 2.75) is 24.8 Å². The molecule has 0 saturated carbocycles. The molecule has 0 amide bonds. The zero-order chi connectivity index (χ0) is 14.5. The molecule has 2 aromatic rings. The first-order valence-electron chi connectivity index (χ1n) is 6.33. The Hall–Kier alpha value is -1.82. The molecule has 0 saturated heterocycles. The van der Waals surface area contributed by atoms with Crippen LogP contribution in [0.1, 0.15) is 28.7 Å². The number of methoxy groups -OCH3 is 1. The van der Waals surface area contributed by atoms with Gasteiger partial charge in [0.05, 0.1) is 19.3 Å². The van der Waals surface area contributed by atoms with Crippen LogP contribution in [0.15, 0.2) is 29.2 Å². The zero-order valence-corrected chi connectivity index (χ0v) is 12.6. The van der Waals surface area contributed by atoms with Crippen LogP contribution in [0.5, 0.6) is 0 Å². The first kappa shape index (κ1) is 14.6. The molecule has 0 radical (unpaired) electrons. The molecule has 0 unspecified atom stereocenters. The Kier molecular flexibility index (Phi) is 4.79. The average molecular weight is 291 g/mol. The third-order valence-corrected chi connectivity index (χ3v) is 3.79. The van der Waals surface area contributed by atoms with Gasteiger partial charge in [0.25, 0.3) is 0 Å². The standard InChI is InChI=1S/C14H17N3O2S/c1-4-12-13(14(18)19-2)15-16-17(12)9-10-5-7-11(20-3)8-6-10/h5-8H,4,9H2,1-3H3. The van der Waals surface area contributed by atoms with Crippen LogP contribution in [-0.4, -0.2) is 34.3 Å². The highest BCUT2D eigenvalue weighted by molar-refractivity contribution is 7.98. The van der Waals surface area contributed by atoms with Crippen molar-refractivity contribution >= 4 is 17.7 Å². The van der Waals surface area contributed by atoms with E-state index in [9.17, 15) is 4.79 Å². The number of hydrogen-bond acceptors (Lipinski definition) is 5. The summed E-state index contributed by atoms with van der Waals surface area (Å²) in [5, 5.41) is 7.98. The highest BCUT2D eigenvalue weighted by Gasteiger charge is 2.18. The number of rotatable bonds is 5. The second-order valence-electron chi connectivity index (χ2n) is 4.24. The predicted octanol–water partition coefficient (Wildman–Crippen LogP) is 2.40. The number of thioether (sulfide) groups is 1. The monoisotopic (exact) mass is 291 g/mol. The second kappa shape index (κ2) is 6.56. The molecule has 2 rings (SSSR count). The van der Waals surface area contributed by atoms with Crippen LogP contribution >= 0.6 is 11.8 Å². The van der Waals surface area contributed by atoms with Crippen molar-refractivity contribution in [3.05, 3.63) is 41.2 Å². The van der Waals surface area contributed by atoms with Gasteiger partial charge in [0.1, 0.15) is 0 Å². The van der Waals surface area contributed by atoms with E-state index in [-0.39, 0.29) is 0 Å². The number of ether oxygens (including phenoxy) is 1. The normalized spacial score (nSPS) is 10.6. The van der Waals surface area contributed by atoms with Crippen molar-refractivity contribution in [2.75, 3.05) is 13.4 Å². The molecular formula is C14H17N3O2S. The Morgan fingerprint density at radius 1 is 1.35 bits per heavy atom. The smallest absolute Gasteiger partial charge is 0.360 e. The van der Waals surface area contributed by atoms with Gasteiger partial charge in [0.15, 0.2) is 5.69 Å². The van der Waals surface area contributed by atoms with Crippen LogP contribution in [0.25, 0.3) is 0 Å². The van der Waals surface area contributed by atoms with Gasteiger partial charge < -0.3 is 4.74 Å². The summed E-state index contributed by atoms with van der Waals surface area (Å²) >= 11 is 1.71. The minimum Gasteiger partial charge on any atom is -0.464 e. The van der Waals surface area contributed by atoms with Crippen molar-refractivity contribution < 1.29 is 9.53 Å². The molecule has 20 heavy (non-hydrogen) atoms. The molecular weight excluding hydrogens is 274 g/mol. The van der Waals surface area contributed by atoms with Crippen molar-refractivity contribution in [3.63, 3.8) is 0 Å². The van der Waals surface area contributed by atoms with Crippen molar-refractivity contribution in [3.8, 4) is 0 Å². The number of hydrogen-bond donors (Lipinski definition) is 0. The van der Waals surface area contributed by atoms with Gasteiger partial charge in [0, 0.05) is 4.90 Å². The third-order valence-electron chi connectivity index (χ3n) is 3.04.